The molecule has 0 bridgehead atoms. The predicted molar refractivity (Wildman–Crippen MR) is 224 cm³/mol. The molecule has 0 fully saturated rings. The summed E-state index contributed by atoms with van der Waals surface area (Å²) in [5, 5.41) is 0. The van der Waals surface area contributed by atoms with E-state index in [4.69, 9.17) is 0 Å². The van der Waals surface area contributed by atoms with Crippen molar-refractivity contribution in [1.82, 2.24) is 0 Å². The van der Waals surface area contributed by atoms with Crippen LogP contribution in [-0.4, -0.2) is 0 Å². The van der Waals surface area contributed by atoms with Gasteiger partial charge in [-0.2, -0.15) is 0 Å². The van der Waals surface area contributed by atoms with Crippen molar-refractivity contribution in [1.29, 1.82) is 0 Å². The van der Waals surface area contributed by atoms with Crippen LogP contribution >= 0.6 is 0 Å². The van der Waals surface area contributed by atoms with Gasteiger partial charge in [-0.15, -0.1) is 0 Å². The van der Waals surface area contributed by atoms with Gasteiger partial charge in [-0.1, -0.05) is 181 Å². The van der Waals surface area contributed by atoms with Gasteiger partial charge in [0.2, 0.25) is 0 Å². The zero-order valence-corrected chi connectivity index (χ0v) is 32.2. The van der Waals surface area contributed by atoms with Crippen molar-refractivity contribution in [2.45, 2.75) is 98.3 Å². The lowest BCUT2D eigenvalue weighted by atomic mass is 9.97. The second kappa shape index (κ2) is 20.4. The summed E-state index contributed by atoms with van der Waals surface area (Å²) in [6.07, 6.45) is 12.9. The molecule has 0 N–H and O–H groups in total. The number of hydrogen-bond donors (Lipinski definition) is 0. The van der Waals surface area contributed by atoms with Crippen LogP contribution in [-0.2, 0) is 25.7 Å². The zero-order chi connectivity index (χ0) is 37.4. The van der Waals surface area contributed by atoms with Crippen molar-refractivity contribution in [3.8, 4) is 44.5 Å². The van der Waals surface area contributed by atoms with Gasteiger partial charge < -0.3 is 0 Å². The standard InChI is InChI=1S/C26H29F.C25H27F/c1-3-5-6-8-21-11-15-23(16-12-21)25-18-17-24(19-26(25)27)22-13-9-20(7-4-2)10-14-22;1-3-5-6-7-20-10-14-22(15-11-20)24-17-16-23(18-25(24)26)21-12-8-19(4-2)9-13-21/h9-19H,3-8H2,1-2H3;8-18H,3-7H2,1-2H3. The van der Waals surface area contributed by atoms with Crippen molar-refractivity contribution < 1.29 is 8.78 Å². The summed E-state index contributed by atoms with van der Waals surface area (Å²) < 4.78 is 29.5. The fourth-order valence-corrected chi connectivity index (χ4v) is 6.80. The van der Waals surface area contributed by atoms with E-state index >= 15 is 0 Å². The first-order valence-corrected chi connectivity index (χ1v) is 19.9. The van der Waals surface area contributed by atoms with Crippen LogP contribution in [0.25, 0.3) is 44.5 Å². The highest BCUT2D eigenvalue weighted by Gasteiger charge is 2.10. The van der Waals surface area contributed by atoms with Crippen molar-refractivity contribution >= 4 is 0 Å². The molecule has 0 aliphatic rings. The van der Waals surface area contributed by atoms with Crippen LogP contribution in [0.5, 0.6) is 0 Å². The van der Waals surface area contributed by atoms with Crippen LogP contribution in [0.3, 0.4) is 0 Å². The van der Waals surface area contributed by atoms with Gasteiger partial charge in [-0.25, -0.2) is 8.78 Å². The summed E-state index contributed by atoms with van der Waals surface area (Å²) in [5.74, 6) is -0.329. The van der Waals surface area contributed by atoms with Crippen molar-refractivity contribution in [3.63, 3.8) is 0 Å². The molecule has 0 heterocycles. The molecule has 274 valence electrons. The number of aryl methyl sites for hydroxylation is 4. The van der Waals surface area contributed by atoms with Crippen LogP contribution < -0.4 is 0 Å². The van der Waals surface area contributed by atoms with Gasteiger partial charge in [0.25, 0.3) is 0 Å². The maximum Gasteiger partial charge on any atom is 0.131 e. The van der Waals surface area contributed by atoms with E-state index in [1.807, 2.05) is 48.5 Å². The average molecular weight is 707 g/mol. The van der Waals surface area contributed by atoms with E-state index < -0.39 is 0 Å². The smallest absolute Gasteiger partial charge is 0.131 e. The molecule has 0 saturated carbocycles. The molecule has 0 spiro atoms. The molecule has 6 aromatic carbocycles. The lowest BCUT2D eigenvalue weighted by molar-refractivity contribution is 0.631. The Balaban J connectivity index is 0.000000204. The van der Waals surface area contributed by atoms with E-state index in [-0.39, 0.29) is 11.6 Å². The van der Waals surface area contributed by atoms with Crippen LogP contribution in [0.1, 0.15) is 94.9 Å². The number of rotatable bonds is 15. The maximum absolute atomic E-state index is 14.8. The Bertz CT molecular complexity index is 1970. The molecule has 2 heteroatoms. The van der Waals surface area contributed by atoms with E-state index in [0.717, 1.165) is 65.5 Å². The van der Waals surface area contributed by atoms with Gasteiger partial charge in [0.1, 0.15) is 11.6 Å². The summed E-state index contributed by atoms with van der Waals surface area (Å²) in [5.41, 5.74) is 12.5. The second-order valence-corrected chi connectivity index (χ2v) is 14.2. The third-order valence-corrected chi connectivity index (χ3v) is 10.1. The highest BCUT2D eigenvalue weighted by Crippen LogP contribution is 2.30. The Morgan fingerprint density at radius 3 is 1.00 bits per heavy atom. The van der Waals surface area contributed by atoms with E-state index in [0.29, 0.717) is 11.1 Å². The SMILES string of the molecule is CCCCCc1ccc(-c2ccc(-c3ccc(CC)cc3)cc2F)cc1.CCCCCc1ccc(-c2ccc(-c3ccc(CCC)cc3)cc2F)cc1. The summed E-state index contributed by atoms with van der Waals surface area (Å²) in [6, 6.07) is 44.6. The first-order chi connectivity index (χ1) is 25.9. The Morgan fingerprint density at radius 1 is 0.321 bits per heavy atom. The summed E-state index contributed by atoms with van der Waals surface area (Å²) in [4.78, 5) is 0. The quantitative estimate of drug-likeness (QED) is 0.0933. The molecule has 53 heavy (non-hydrogen) atoms. The second-order valence-electron chi connectivity index (χ2n) is 14.2. The minimum Gasteiger partial charge on any atom is -0.206 e. The minimum atomic E-state index is -0.166. The van der Waals surface area contributed by atoms with Gasteiger partial charge in [0.15, 0.2) is 0 Å². The molecule has 0 radical (unpaired) electrons. The molecule has 0 atom stereocenters. The summed E-state index contributed by atoms with van der Waals surface area (Å²) in [6.45, 7) is 8.75. The monoisotopic (exact) mass is 706 g/mol. The summed E-state index contributed by atoms with van der Waals surface area (Å²) in [7, 11) is 0. The first kappa shape index (κ1) is 39.4. The molecule has 0 saturated heterocycles. The highest BCUT2D eigenvalue weighted by atomic mass is 19.1. The molecular weight excluding hydrogens is 651 g/mol. The Morgan fingerprint density at radius 2 is 0.660 bits per heavy atom. The van der Waals surface area contributed by atoms with E-state index in [2.05, 4.69) is 100 Å². The molecule has 0 nitrogen and oxygen atoms in total. The number of unbranched alkanes of at least 4 members (excludes halogenated alkanes) is 4. The van der Waals surface area contributed by atoms with Gasteiger partial charge in [-0.05, 0) is 106 Å². The largest absolute Gasteiger partial charge is 0.206 e. The lowest BCUT2D eigenvalue weighted by Crippen LogP contribution is -1.89. The molecule has 0 amide bonds. The van der Waals surface area contributed by atoms with E-state index in [9.17, 15) is 8.78 Å². The Hall–Kier alpha value is -4.82. The third kappa shape index (κ3) is 11.3. The van der Waals surface area contributed by atoms with E-state index in [1.165, 1.54) is 60.8 Å². The van der Waals surface area contributed by atoms with Gasteiger partial charge in [-0.3, -0.25) is 0 Å². The van der Waals surface area contributed by atoms with Gasteiger partial charge in [0.05, 0.1) is 0 Å². The average Bonchev–Trinajstić information content (AvgIpc) is 3.19. The van der Waals surface area contributed by atoms with Crippen LogP contribution in [0, 0.1) is 11.6 Å². The minimum absolute atomic E-state index is 0.163. The molecule has 0 aliphatic heterocycles. The van der Waals surface area contributed by atoms with Gasteiger partial charge in [0, 0.05) is 11.1 Å². The summed E-state index contributed by atoms with van der Waals surface area (Å²) >= 11 is 0. The Kier molecular flexibility index (Phi) is 15.2. The fraction of sp³-hybridized carbons (Fsp3) is 0.294. The zero-order valence-electron chi connectivity index (χ0n) is 32.2. The fourth-order valence-electron chi connectivity index (χ4n) is 6.80. The molecule has 6 rings (SSSR count). The molecule has 0 unspecified atom stereocenters. The van der Waals surface area contributed by atoms with Crippen LogP contribution in [0.4, 0.5) is 8.78 Å². The normalized spacial score (nSPS) is 10.9. The lowest BCUT2D eigenvalue weighted by Gasteiger charge is -2.09. The van der Waals surface area contributed by atoms with Crippen molar-refractivity contribution in [2.75, 3.05) is 0 Å². The number of benzene rings is 6. The molecule has 6 aromatic rings. The highest BCUT2D eigenvalue weighted by molar-refractivity contribution is 5.72. The molecule has 0 aromatic heterocycles. The number of hydrogen-bond acceptors (Lipinski definition) is 0. The number of halogens is 2. The molecular formula is C51H56F2. The Labute approximate surface area is 318 Å². The molecule has 0 aliphatic carbocycles. The van der Waals surface area contributed by atoms with E-state index in [1.54, 1.807) is 12.1 Å². The van der Waals surface area contributed by atoms with Crippen LogP contribution in [0.15, 0.2) is 133 Å². The van der Waals surface area contributed by atoms with Gasteiger partial charge >= 0.3 is 0 Å². The third-order valence-electron chi connectivity index (χ3n) is 10.1. The maximum atomic E-state index is 14.8. The van der Waals surface area contributed by atoms with Crippen molar-refractivity contribution in [2.24, 2.45) is 0 Å². The van der Waals surface area contributed by atoms with Crippen molar-refractivity contribution in [3.05, 3.63) is 167 Å². The predicted octanol–water partition coefficient (Wildman–Crippen LogP) is 15.3. The topological polar surface area (TPSA) is 0 Å². The first-order valence-electron chi connectivity index (χ1n) is 19.9. The van der Waals surface area contributed by atoms with Crippen LogP contribution in [0.2, 0.25) is 0 Å².